The minimum atomic E-state index is -4.96. The van der Waals surface area contributed by atoms with Crippen LogP contribution in [0.2, 0.25) is 0 Å². The highest BCUT2D eigenvalue weighted by Crippen LogP contribution is 2.37. The molecule has 0 aliphatic heterocycles. The number of benzene rings is 1. The molecule has 0 radical (unpaired) electrons. The van der Waals surface area contributed by atoms with Gasteiger partial charge in [0.1, 0.15) is 0 Å². The molecule has 0 aliphatic carbocycles. The number of carbonyl (C=O) groups is 1. The summed E-state index contributed by atoms with van der Waals surface area (Å²) < 4.78 is 75.6. The third kappa shape index (κ3) is 5.38. The van der Waals surface area contributed by atoms with Crippen molar-refractivity contribution in [3.63, 3.8) is 0 Å². The molecule has 1 rings (SSSR count). The van der Waals surface area contributed by atoms with Gasteiger partial charge in [-0.05, 0) is 18.2 Å². The van der Waals surface area contributed by atoms with Gasteiger partial charge in [-0.1, -0.05) is 6.92 Å². The maximum Gasteiger partial charge on any atom is 0.416 e. The van der Waals surface area contributed by atoms with E-state index >= 15 is 0 Å². The summed E-state index contributed by atoms with van der Waals surface area (Å²) in [5.41, 5.74) is 1.64. The Balaban J connectivity index is 0.00000441. The molecule has 1 amide bonds. The van der Waals surface area contributed by atoms with Crippen molar-refractivity contribution < 1.29 is 31.1 Å². The minimum absolute atomic E-state index is 0. The number of anilines is 1. The molecule has 0 aliphatic rings. The van der Waals surface area contributed by atoms with Crippen LogP contribution >= 0.6 is 12.4 Å². The highest BCUT2D eigenvalue weighted by Gasteiger charge is 2.37. The third-order valence-electron chi connectivity index (χ3n) is 2.66. The highest BCUT2D eigenvalue weighted by atomic mass is 35.5. The Morgan fingerprint density at radius 1 is 1.09 bits per heavy atom. The Morgan fingerprint density at radius 2 is 1.50 bits per heavy atom. The highest BCUT2D eigenvalue weighted by molar-refractivity contribution is 5.92. The van der Waals surface area contributed by atoms with E-state index in [1.807, 2.05) is 5.32 Å². The molecule has 0 bridgehead atoms. The Kier molecular flexibility index (Phi) is 6.70. The molecule has 0 aromatic heterocycles. The number of rotatable bonds is 3. The van der Waals surface area contributed by atoms with Crippen molar-refractivity contribution in [2.45, 2.75) is 19.3 Å². The molecule has 126 valence electrons. The van der Waals surface area contributed by atoms with Gasteiger partial charge in [0, 0.05) is 18.2 Å². The lowest BCUT2D eigenvalue weighted by Gasteiger charge is -2.16. The van der Waals surface area contributed by atoms with Gasteiger partial charge >= 0.3 is 12.4 Å². The first-order valence-corrected chi connectivity index (χ1v) is 5.75. The topological polar surface area (TPSA) is 55.1 Å². The van der Waals surface area contributed by atoms with Gasteiger partial charge in [-0.3, -0.25) is 4.79 Å². The predicted octanol–water partition coefficient (Wildman–Crippen LogP) is 3.68. The summed E-state index contributed by atoms with van der Waals surface area (Å²) in [6.45, 7) is 1.31. The lowest BCUT2D eigenvalue weighted by Crippen LogP contribution is -2.27. The maximum atomic E-state index is 12.6. The second kappa shape index (κ2) is 7.19. The minimum Gasteiger partial charge on any atom is -0.330 e. The van der Waals surface area contributed by atoms with Crippen molar-refractivity contribution in [1.82, 2.24) is 0 Å². The van der Waals surface area contributed by atoms with Crippen molar-refractivity contribution in [2.24, 2.45) is 11.7 Å². The van der Waals surface area contributed by atoms with Crippen molar-refractivity contribution in [3.05, 3.63) is 29.3 Å². The van der Waals surface area contributed by atoms with Gasteiger partial charge < -0.3 is 11.1 Å². The van der Waals surface area contributed by atoms with E-state index in [4.69, 9.17) is 5.73 Å². The van der Waals surface area contributed by atoms with E-state index in [0.29, 0.717) is 12.1 Å². The zero-order valence-electron chi connectivity index (χ0n) is 11.2. The molecule has 3 nitrogen and oxygen atoms in total. The van der Waals surface area contributed by atoms with E-state index in [9.17, 15) is 31.1 Å². The maximum absolute atomic E-state index is 12.6. The summed E-state index contributed by atoms with van der Waals surface area (Å²) >= 11 is 0. The average molecular weight is 351 g/mol. The summed E-state index contributed by atoms with van der Waals surface area (Å²) in [4.78, 5) is 11.5. The molecule has 1 unspecified atom stereocenters. The Hall–Kier alpha value is -1.48. The zero-order valence-corrected chi connectivity index (χ0v) is 12.0. The van der Waals surface area contributed by atoms with Crippen LogP contribution in [0.4, 0.5) is 32.0 Å². The molecule has 1 aromatic rings. The fourth-order valence-electron chi connectivity index (χ4n) is 1.40. The summed E-state index contributed by atoms with van der Waals surface area (Å²) in [6.07, 6.45) is -9.92. The molecule has 22 heavy (non-hydrogen) atoms. The molecule has 10 heteroatoms. The quantitative estimate of drug-likeness (QED) is 0.817. The Bertz CT molecular complexity index is 497. The van der Waals surface area contributed by atoms with Gasteiger partial charge in [0.25, 0.3) is 0 Å². The molecule has 0 saturated carbocycles. The van der Waals surface area contributed by atoms with E-state index in [2.05, 4.69) is 0 Å². The van der Waals surface area contributed by atoms with Crippen molar-refractivity contribution in [3.8, 4) is 0 Å². The molecule has 0 spiro atoms. The monoisotopic (exact) mass is 350 g/mol. The van der Waals surface area contributed by atoms with Crippen LogP contribution < -0.4 is 11.1 Å². The molecule has 0 saturated heterocycles. The summed E-state index contributed by atoms with van der Waals surface area (Å²) in [5, 5.41) is 2.00. The zero-order chi connectivity index (χ0) is 16.4. The SMILES string of the molecule is CC(CN)C(=O)Nc1cc(C(F)(F)F)cc(C(F)(F)F)c1.Cl. The van der Waals surface area contributed by atoms with Crippen LogP contribution in [0.1, 0.15) is 18.1 Å². The predicted molar refractivity (Wildman–Crippen MR) is 70.5 cm³/mol. The van der Waals surface area contributed by atoms with Crippen LogP contribution in [0.5, 0.6) is 0 Å². The number of hydrogen-bond acceptors (Lipinski definition) is 2. The fourth-order valence-corrected chi connectivity index (χ4v) is 1.40. The first-order valence-electron chi connectivity index (χ1n) is 5.75. The van der Waals surface area contributed by atoms with Crippen LogP contribution in [0.15, 0.2) is 18.2 Å². The van der Waals surface area contributed by atoms with Gasteiger partial charge in [-0.15, -0.1) is 12.4 Å². The van der Waals surface area contributed by atoms with Crippen LogP contribution in [-0.4, -0.2) is 12.5 Å². The van der Waals surface area contributed by atoms with Crippen molar-refractivity contribution in [1.29, 1.82) is 0 Å². The van der Waals surface area contributed by atoms with E-state index in [1.54, 1.807) is 0 Å². The summed E-state index contributed by atoms with van der Waals surface area (Å²) in [6, 6.07) is 0.870. The van der Waals surface area contributed by atoms with E-state index in [1.165, 1.54) is 6.92 Å². The number of carbonyl (C=O) groups excluding carboxylic acids is 1. The third-order valence-corrected chi connectivity index (χ3v) is 2.66. The van der Waals surface area contributed by atoms with Crippen molar-refractivity contribution in [2.75, 3.05) is 11.9 Å². The molecule has 3 N–H and O–H groups in total. The molecule has 0 heterocycles. The molecular formula is C12H13ClF6N2O. The molecule has 0 fully saturated rings. The Labute approximate surface area is 128 Å². The van der Waals surface area contributed by atoms with E-state index in [-0.39, 0.29) is 25.0 Å². The molecule has 1 atom stereocenters. The van der Waals surface area contributed by atoms with Crippen LogP contribution in [-0.2, 0) is 17.1 Å². The summed E-state index contributed by atoms with van der Waals surface area (Å²) in [7, 11) is 0. The molecule has 1 aromatic carbocycles. The van der Waals surface area contributed by atoms with Gasteiger partial charge in [0.2, 0.25) is 5.91 Å². The van der Waals surface area contributed by atoms with Gasteiger partial charge in [-0.25, -0.2) is 0 Å². The van der Waals surface area contributed by atoms with Crippen LogP contribution in [0.3, 0.4) is 0 Å². The largest absolute Gasteiger partial charge is 0.416 e. The van der Waals surface area contributed by atoms with Gasteiger partial charge in [0.15, 0.2) is 0 Å². The standard InChI is InChI=1S/C12H12F6N2O.ClH/c1-6(5-19)10(21)20-9-3-7(11(13,14)15)2-8(4-9)12(16,17)18;/h2-4,6H,5,19H2,1H3,(H,20,21);1H. The normalized spacial score (nSPS) is 13.3. The van der Waals surface area contributed by atoms with Crippen LogP contribution in [0.25, 0.3) is 0 Å². The average Bonchev–Trinajstić information content (AvgIpc) is 2.35. The lowest BCUT2D eigenvalue weighted by molar-refractivity contribution is -0.143. The number of alkyl halides is 6. The summed E-state index contributed by atoms with van der Waals surface area (Å²) in [5.74, 6) is -1.50. The van der Waals surface area contributed by atoms with E-state index in [0.717, 1.165) is 0 Å². The first-order chi connectivity index (χ1) is 9.45. The fraction of sp³-hybridized carbons (Fsp3) is 0.417. The van der Waals surface area contributed by atoms with Crippen LogP contribution in [0, 0.1) is 5.92 Å². The van der Waals surface area contributed by atoms with E-state index < -0.39 is 41.0 Å². The number of nitrogens with two attached hydrogens (primary N) is 1. The van der Waals surface area contributed by atoms with Gasteiger partial charge in [-0.2, -0.15) is 26.3 Å². The smallest absolute Gasteiger partial charge is 0.330 e. The Morgan fingerprint density at radius 3 is 1.82 bits per heavy atom. The number of halogens is 7. The van der Waals surface area contributed by atoms with Crippen molar-refractivity contribution >= 4 is 24.0 Å². The van der Waals surface area contributed by atoms with Gasteiger partial charge in [0.05, 0.1) is 11.1 Å². The second-order valence-corrected chi connectivity index (χ2v) is 4.42. The first kappa shape index (κ1) is 20.5. The number of hydrogen-bond donors (Lipinski definition) is 2. The second-order valence-electron chi connectivity index (χ2n) is 4.42. The number of amides is 1. The molecular weight excluding hydrogens is 338 g/mol. The lowest BCUT2D eigenvalue weighted by atomic mass is 10.1. The number of nitrogens with one attached hydrogen (secondary N) is 1.